The van der Waals surface area contributed by atoms with Gasteiger partial charge in [0, 0.05) is 23.2 Å². The molecule has 0 aliphatic heterocycles. The van der Waals surface area contributed by atoms with Crippen molar-refractivity contribution in [1.29, 1.82) is 0 Å². The average Bonchev–Trinajstić information content (AvgIpc) is 3.41. The third-order valence-electron chi connectivity index (χ3n) is 5.24. The molecule has 0 bridgehead atoms. The van der Waals surface area contributed by atoms with Gasteiger partial charge in [-0.3, -0.25) is 9.89 Å². The Morgan fingerprint density at radius 1 is 1.03 bits per heavy atom. The lowest BCUT2D eigenvalue weighted by Gasteiger charge is -2.13. The maximum Gasteiger partial charge on any atom is 0.205 e. The summed E-state index contributed by atoms with van der Waals surface area (Å²) < 4.78 is 28.5. The average molecular weight is 450 g/mol. The van der Waals surface area contributed by atoms with E-state index in [-0.39, 0.29) is 11.9 Å². The molecule has 0 radical (unpaired) electrons. The molecule has 0 spiro atoms. The molecule has 8 heteroatoms. The molecule has 8 nitrogen and oxygen atoms in total. The molecule has 172 valence electrons. The van der Waals surface area contributed by atoms with Gasteiger partial charge in [0.15, 0.2) is 22.9 Å². The number of nitrogens with one attached hydrogen (secondary N) is 1. The number of ether oxygens (including phenoxy) is 4. The zero-order valence-electron chi connectivity index (χ0n) is 19.4. The van der Waals surface area contributed by atoms with Gasteiger partial charge in [0.05, 0.1) is 33.0 Å². The predicted octanol–water partition coefficient (Wildman–Crippen LogP) is 5.18. The summed E-state index contributed by atoms with van der Waals surface area (Å²) in [4.78, 5) is 13.9. The highest BCUT2D eigenvalue weighted by Crippen LogP contribution is 2.44. The highest BCUT2D eigenvalue weighted by molar-refractivity contribution is 6.20. The smallest absolute Gasteiger partial charge is 0.205 e. The van der Waals surface area contributed by atoms with Gasteiger partial charge < -0.3 is 23.4 Å². The van der Waals surface area contributed by atoms with Crippen molar-refractivity contribution in [1.82, 2.24) is 10.2 Å². The first kappa shape index (κ1) is 22.3. The van der Waals surface area contributed by atoms with Crippen LogP contribution in [0.5, 0.6) is 23.0 Å². The van der Waals surface area contributed by atoms with Crippen molar-refractivity contribution in [2.45, 2.75) is 26.9 Å². The van der Waals surface area contributed by atoms with E-state index in [1.54, 1.807) is 43.6 Å². The fraction of sp³-hybridized carbons (Fsp3) is 0.280. The Kier molecular flexibility index (Phi) is 6.00. The van der Waals surface area contributed by atoms with Crippen LogP contribution >= 0.6 is 0 Å². The SMILES string of the molecule is COc1cc(OC)cc(C(=O)c2c(-c3n[nH]cc3C)oc3c(OC(C)C)c(OC)ccc23)c1. The number of benzene rings is 2. The molecule has 0 aliphatic carbocycles. The fourth-order valence-corrected chi connectivity index (χ4v) is 3.68. The Morgan fingerprint density at radius 3 is 2.27 bits per heavy atom. The number of nitrogens with zero attached hydrogens (tertiary/aromatic N) is 1. The van der Waals surface area contributed by atoms with Crippen LogP contribution in [0, 0.1) is 6.92 Å². The molecule has 0 atom stereocenters. The van der Waals surface area contributed by atoms with Gasteiger partial charge in [0.25, 0.3) is 0 Å². The number of aryl methyl sites for hydroxylation is 1. The van der Waals surface area contributed by atoms with Crippen molar-refractivity contribution in [2.24, 2.45) is 0 Å². The summed E-state index contributed by atoms with van der Waals surface area (Å²) in [5.41, 5.74) is 2.56. The van der Waals surface area contributed by atoms with Crippen LogP contribution in [0.2, 0.25) is 0 Å². The number of ketones is 1. The first-order valence-corrected chi connectivity index (χ1v) is 10.5. The van der Waals surface area contributed by atoms with E-state index in [1.807, 2.05) is 20.8 Å². The van der Waals surface area contributed by atoms with Crippen molar-refractivity contribution >= 4 is 16.8 Å². The van der Waals surface area contributed by atoms with Gasteiger partial charge in [-0.15, -0.1) is 0 Å². The van der Waals surface area contributed by atoms with Crippen LogP contribution in [-0.2, 0) is 0 Å². The molecule has 2 aromatic carbocycles. The number of rotatable bonds is 8. The van der Waals surface area contributed by atoms with E-state index < -0.39 is 0 Å². The van der Waals surface area contributed by atoms with Gasteiger partial charge in [-0.05, 0) is 50.6 Å². The van der Waals surface area contributed by atoms with E-state index in [9.17, 15) is 4.79 Å². The summed E-state index contributed by atoms with van der Waals surface area (Å²) in [7, 11) is 4.64. The quantitative estimate of drug-likeness (QED) is 0.370. The summed E-state index contributed by atoms with van der Waals surface area (Å²) in [6, 6.07) is 8.60. The highest BCUT2D eigenvalue weighted by Gasteiger charge is 2.29. The standard InChI is InChI=1S/C25H26N2O6/c1-13(2)32-24-19(31-6)8-7-18-20(25(33-23(18)24)21-14(3)12-26-27-21)22(28)15-9-16(29-4)11-17(10-15)30-5/h7-13H,1-6H3,(H,26,27). The fourth-order valence-electron chi connectivity index (χ4n) is 3.68. The molecular formula is C25H26N2O6. The van der Waals surface area contributed by atoms with Crippen molar-refractivity contribution in [2.75, 3.05) is 21.3 Å². The third-order valence-corrected chi connectivity index (χ3v) is 5.24. The van der Waals surface area contributed by atoms with Gasteiger partial charge in [-0.2, -0.15) is 5.10 Å². The molecule has 2 heterocycles. The normalized spacial score (nSPS) is 11.1. The number of fused-ring (bicyclic) bond motifs is 1. The van der Waals surface area contributed by atoms with Crippen LogP contribution in [0.15, 0.2) is 40.9 Å². The van der Waals surface area contributed by atoms with E-state index in [0.29, 0.717) is 56.5 Å². The largest absolute Gasteiger partial charge is 0.497 e. The topological polar surface area (TPSA) is 95.8 Å². The lowest BCUT2D eigenvalue weighted by molar-refractivity contribution is 0.103. The van der Waals surface area contributed by atoms with Crippen LogP contribution in [0.3, 0.4) is 0 Å². The van der Waals surface area contributed by atoms with E-state index in [4.69, 9.17) is 23.4 Å². The molecule has 0 amide bonds. The van der Waals surface area contributed by atoms with E-state index >= 15 is 0 Å². The van der Waals surface area contributed by atoms with E-state index in [2.05, 4.69) is 10.2 Å². The number of aromatic amines is 1. The van der Waals surface area contributed by atoms with Gasteiger partial charge >= 0.3 is 0 Å². The van der Waals surface area contributed by atoms with Crippen LogP contribution < -0.4 is 18.9 Å². The second kappa shape index (κ2) is 8.90. The Morgan fingerprint density at radius 2 is 1.73 bits per heavy atom. The molecule has 0 aliphatic rings. The molecule has 0 saturated carbocycles. The third kappa shape index (κ3) is 4.00. The van der Waals surface area contributed by atoms with E-state index in [1.165, 1.54) is 14.2 Å². The first-order chi connectivity index (χ1) is 15.9. The minimum absolute atomic E-state index is 0.132. The van der Waals surface area contributed by atoms with Gasteiger partial charge in [-0.1, -0.05) is 0 Å². The van der Waals surface area contributed by atoms with E-state index in [0.717, 1.165) is 5.56 Å². The number of hydrogen-bond donors (Lipinski definition) is 1. The number of carbonyl (C=O) groups is 1. The molecule has 33 heavy (non-hydrogen) atoms. The number of carbonyl (C=O) groups excluding carboxylic acids is 1. The Hall–Kier alpha value is -3.94. The number of hydrogen-bond acceptors (Lipinski definition) is 7. The second-order valence-electron chi connectivity index (χ2n) is 7.79. The number of methoxy groups -OCH3 is 3. The van der Waals surface area contributed by atoms with Gasteiger partial charge in [-0.25, -0.2) is 0 Å². The summed E-state index contributed by atoms with van der Waals surface area (Å²) in [5, 5.41) is 7.75. The first-order valence-electron chi connectivity index (χ1n) is 10.5. The maximum absolute atomic E-state index is 13.9. The lowest BCUT2D eigenvalue weighted by atomic mass is 9.97. The van der Waals surface area contributed by atoms with Gasteiger partial charge in [0.1, 0.15) is 17.2 Å². The molecule has 2 aromatic heterocycles. The van der Waals surface area contributed by atoms with Gasteiger partial charge in [0.2, 0.25) is 5.75 Å². The summed E-state index contributed by atoms with van der Waals surface area (Å²) >= 11 is 0. The predicted molar refractivity (Wildman–Crippen MR) is 124 cm³/mol. The summed E-state index contributed by atoms with van der Waals surface area (Å²) in [6.07, 6.45) is 1.62. The van der Waals surface area contributed by atoms with Crippen molar-refractivity contribution in [3.05, 3.63) is 53.2 Å². The number of furan rings is 1. The monoisotopic (exact) mass is 450 g/mol. The van der Waals surface area contributed by atoms with Crippen molar-refractivity contribution in [3.63, 3.8) is 0 Å². The minimum atomic E-state index is -0.260. The van der Waals surface area contributed by atoms with Crippen LogP contribution in [0.4, 0.5) is 0 Å². The van der Waals surface area contributed by atoms with Crippen molar-refractivity contribution < 1.29 is 28.2 Å². The number of H-pyrrole nitrogens is 1. The van der Waals surface area contributed by atoms with Crippen molar-refractivity contribution in [3.8, 4) is 34.5 Å². The Labute approximate surface area is 191 Å². The maximum atomic E-state index is 13.9. The van der Waals surface area contributed by atoms with Crippen LogP contribution in [0.25, 0.3) is 22.4 Å². The summed E-state index contributed by atoms with van der Waals surface area (Å²) in [6.45, 7) is 5.71. The van der Waals surface area contributed by atoms with Crippen LogP contribution in [-0.4, -0.2) is 43.4 Å². The highest BCUT2D eigenvalue weighted by atomic mass is 16.5. The molecule has 4 aromatic rings. The molecule has 0 saturated heterocycles. The Balaban J connectivity index is 2.02. The molecule has 0 fully saturated rings. The number of aromatic nitrogens is 2. The molecule has 0 unspecified atom stereocenters. The zero-order valence-corrected chi connectivity index (χ0v) is 19.4. The molecular weight excluding hydrogens is 424 g/mol. The molecule has 1 N–H and O–H groups in total. The molecule has 4 rings (SSSR count). The summed E-state index contributed by atoms with van der Waals surface area (Å²) in [5.74, 6) is 2.04. The lowest BCUT2D eigenvalue weighted by Crippen LogP contribution is -2.07. The van der Waals surface area contributed by atoms with Crippen LogP contribution in [0.1, 0.15) is 35.3 Å². The minimum Gasteiger partial charge on any atom is -0.497 e. The Bertz CT molecular complexity index is 1300. The zero-order chi connectivity index (χ0) is 23.7. The second-order valence-corrected chi connectivity index (χ2v) is 7.79.